The SMILES string of the molecule is CC1(C)CN[C@@H](C(=O)O)C1. The number of rotatable bonds is 1. The Bertz CT molecular complexity index is 154. The molecule has 0 saturated carbocycles. The van der Waals surface area contributed by atoms with Crippen molar-refractivity contribution in [3.63, 3.8) is 0 Å². The van der Waals surface area contributed by atoms with Gasteiger partial charge >= 0.3 is 5.97 Å². The molecule has 1 fully saturated rings. The Morgan fingerprint density at radius 3 is 2.50 bits per heavy atom. The molecule has 1 aliphatic rings. The van der Waals surface area contributed by atoms with Crippen molar-refractivity contribution < 1.29 is 9.90 Å². The molecule has 1 aliphatic heterocycles. The lowest BCUT2D eigenvalue weighted by molar-refractivity contribution is -0.139. The lowest BCUT2D eigenvalue weighted by Crippen LogP contribution is -2.29. The maximum absolute atomic E-state index is 10.4. The normalized spacial score (nSPS) is 30.4. The van der Waals surface area contributed by atoms with E-state index in [4.69, 9.17) is 5.11 Å². The minimum absolute atomic E-state index is 0.156. The van der Waals surface area contributed by atoms with E-state index < -0.39 is 5.97 Å². The fourth-order valence-electron chi connectivity index (χ4n) is 1.27. The summed E-state index contributed by atoms with van der Waals surface area (Å²) in [5.74, 6) is -0.731. The molecule has 0 amide bonds. The highest BCUT2D eigenvalue weighted by molar-refractivity contribution is 5.73. The molecule has 58 valence electrons. The Morgan fingerprint density at radius 1 is 1.70 bits per heavy atom. The zero-order chi connectivity index (χ0) is 7.78. The van der Waals surface area contributed by atoms with Crippen LogP contribution < -0.4 is 5.32 Å². The highest BCUT2D eigenvalue weighted by Gasteiger charge is 2.34. The topological polar surface area (TPSA) is 49.3 Å². The van der Waals surface area contributed by atoms with E-state index in [2.05, 4.69) is 19.2 Å². The summed E-state index contributed by atoms with van der Waals surface area (Å²) < 4.78 is 0. The number of carboxylic acids is 1. The number of nitrogens with one attached hydrogen (secondary N) is 1. The molecule has 3 nitrogen and oxygen atoms in total. The van der Waals surface area contributed by atoms with Crippen molar-refractivity contribution >= 4 is 5.97 Å². The van der Waals surface area contributed by atoms with Crippen LogP contribution in [-0.4, -0.2) is 23.7 Å². The Kier molecular flexibility index (Phi) is 1.68. The van der Waals surface area contributed by atoms with Gasteiger partial charge in [0.2, 0.25) is 0 Å². The summed E-state index contributed by atoms with van der Waals surface area (Å²) in [5.41, 5.74) is 0.156. The van der Waals surface area contributed by atoms with Crippen LogP contribution in [0.4, 0.5) is 0 Å². The van der Waals surface area contributed by atoms with E-state index in [1.165, 1.54) is 0 Å². The van der Waals surface area contributed by atoms with Gasteiger partial charge in [0, 0.05) is 6.54 Å². The van der Waals surface area contributed by atoms with Crippen molar-refractivity contribution in [2.45, 2.75) is 26.3 Å². The van der Waals surface area contributed by atoms with Gasteiger partial charge in [0.05, 0.1) is 0 Å². The van der Waals surface area contributed by atoms with Gasteiger partial charge in [-0.15, -0.1) is 0 Å². The summed E-state index contributed by atoms with van der Waals surface area (Å²) in [6, 6.07) is -0.324. The van der Waals surface area contributed by atoms with Gasteiger partial charge in [-0.2, -0.15) is 0 Å². The molecule has 0 bridgehead atoms. The molecule has 0 aromatic carbocycles. The lowest BCUT2D eigenvalue weighted by Gasteiger charge is -2.13. The number of hydrogen-bond donors (Lipinski definition) is 2. The van der Waals surface area contributed by atoms with Crippen molar-refractivity contribution in [1.29, 1.82) is 0 Å². The van der Waals surface area contributed by atoms with Crippen molar-refractivity contribution in [2.75, 3.05) is 6.54 Å². The molecule has 0 aromatic heterocycles. The molecule has 1 heterocycles. The summed E-state index contributed by atoms with van der Waals surface area (Å²) in [6.07, 6.45) is 0.738. The zero-order valence-corrected chi connectivity index (χ0v) is 6.35. The number of aliphatic carboxylic acids is 1. The van der Waals surface area contributed by atoms with Crippen molar-refractivity contribution in [3.05, 3.63) is 0 Å². The third-order valence-corrected chi connectivity index (χ3v) is 1.88. The predicted octanol–water partition coefficient (Wildman–Crippen LogP) is 0.459. The first-order valence-corrected chi connectivity index (χ1v) is 3.47. The second-order valence-electron chi connectivity index (χ2n) is 3.64. The monoisotopic (exact) mass is 143 g/mol. The smallest absolute Gasteiger partial charge is 0.320 e. The quantitative estimate of drug-likeness (QED) is 0.560. The van der Waals surface area contributed by atoms with E-state index in [-0.39, 0.29) is 11.5 Å². The minimum Gasteiger partial charge on any atom is -0.480 e. The van der Waals surface area contributed by atoms with Crippen LogP contribution in [0.3, 0.4) is 0 Å². The van der Waals surface area contributed by atoms with Gasteiger partial charge in [-0.1, -0.05) is 13.8 Å². The van der Waals surface area contributed by atoms with E-state index >= 15 is 0 Å². The molecule has 1 rings (SSSR count). The molecule has 1 saturated heterocycles. The average Bonchev–Trinajstić information content (AvgIpc) is 2.10. The maximum atomic E-state index is 10.4. The molecule has 10 heavy (non-hydrogen) atoms. The summed E-state index contributed by atoms with van der Waals surface area (Å²) in [4.78, 5) is 10.4. The van der Waals surface area contributed by atoms with E-state index in [0.29, 0.717) is 0 Å². The molecular weight excluding hydrogens is 130 g/mol. The van der Waals surface area contributed by atoms with Gasteiger partial charge in [0.15, 0.2) is 0 Å². The van der Waals surface area contributed by atoms with Crippen LogP contribution in [0.25, 0.3) is 0 Å². The van der Waals surface area contributed by atoms with Crippen molar-refractivity contribution in [3.8, 4) is 0 Å². The molecule has 0 radical (unpaired) electrons. The van der Waals surface area contributed by atoms with Crippen LogP contribution in [0.15, 0.2) is 0 Å². The van der Waals surface area contributed by atoms with Crippen molar-refractivity contribution in [2.24, 2.45) is 5.41 Å². The van der Waals surface area contributed by atoms with Gasteiger partial charge in [0.1, 0.15) is 6.04 Å². The summed E-state index contributed by atoms with van der Waals surface area (Å²) in [7, 11) is 0. The Balaban J connectivity index is 2.51. The zero-order valence-electron chi connectivity index (χ0n) is 6.35. The van der Waals surface area contributed by atoms with Gasteiger partial charge in [-0.25, -0.2) is 0 Å². The summed E-state index contributed by atoms with van der Waals surface area (Å²) >= 11 is 0. The first-order chi connectivity index (χ1) is 4.51. The molecule has 1 atom stereocenters. The number of hydrogen-bond acceptors (Lipinski definition) is 2. The minimum atomic E-state index is -0.731. The van der Waals surface area contributed by atoms with Crippen LogP contribution in [0.1, 0.15) is 20.3 Å². The number of carboxylic acid groups (broad SMARTS) is 1. The van der Waals surface area contributed by atoms with Crippen LogP contribution in [-0.2, 0) is 4.79 Å². The van der Waals surface area contributed by atoms with E-state index in [9.17, 15) is 4.79 Å². The fourth-order valence-corrected chi connectivity index (χ4v) is 1.27. The van der Waals surface area contributed by atoms with Crippen LogP contribution in [0, 0.1) is 5.41 Å². The van der Waals surface area contributed by atoms with Gasteiger partial charge in [-0.3, -0.25) is 4.79 Å². The van der Waals surface area contributed by atoms with Crippen LogP contribution in [0.5, 0.6) is 0 Å². The van der Waals surface area contributed by atoms with Crippen molar-refractivity contribution in [1.82, 2.24) is 5.32 Å². The largest absolute Gasteiger partial charge is 0.480 e. The highest BCUT2D eigenvalue weighted by atomic mass is 16.4. The Labute approximate surface area is 60.4 Å². The maximum Gasteiger partial charge on any atom is 0.320 e. The van der Waals surface area contributed by atoms with E-state index in [1.54, 1.807) is 0 Å². The van der Waals surface area contributed by atoms with Gasteiger partial charge in [0.25, 0.3) is 0 Å². The second-order valence-corrected chi connectivity index (χ2v) is 3.64. The molecule has 0 aliphatic carbocycles. The Hall–Kier alpha value is -0.570. The average molecular weight is 143 g/mol. The summed E-state index contributed by atoms with van der Waals surface area (Å²) in [6.45, 7) is 4.95. The molecule has 2 N–H and O–H groups in total. The Morgan fingerprint density at radius 2 is 2.30 bits per heavy atom. The third kappa shape index (κ3) is 1.48. The van der Waals surface area contributed by atoms with Gasteiger partial charge in [-0.05, 0) is 11.8 Å². The van der Waals surface area contributed by atoms with Crippen LogP contribution >= 0.6 is 0 Å². The molecule has 0 unspecified atom stereocenters. The predicted molar refractivity (Wildman–Crippen MR) is 37.8 cm³/mol. The van der Waals surface area contributed by atoms with Gasteiger partial charge < -0.3 is 10.4 Å². The standard InChI is InChI=1S/C7H13NO2/c1-7(2)3-5(6(9)10)8-4-7/h5,8H,3-4H2,1-2H3,(H,9,10)/t5-/m1/s1. The molecule has 0 spiro atoms. The van der Waals surface area contributed by atoms with E-state index in [1.807, 2.05) is 0 Å². The number of carbonyl (C=O) groups is 1. The molecular formula is C7H13NO2. The molecule has 0 aromatic rings. The lowest BCUT2D eigenvalue weighted by atomic mass is 9.91. The molecule has 3 heteroatoms. The summed E-state index contributed by atoms with van der Waals surface area (Å²) in [5, 5.41) is 11.5. The van der Waals surface area contributed by atoms with Crippen LogP contribution in [0.2, 0.25) is 0 Å². The first-order valence-electron chi connectivity index (χ1n) is 3.47. The fraction of sp³-hybridized carbons (Fsp3) is 0.857. The highest BCUT2D eigenvalue weighted by Crippen LogP contribution is 2.26. The third-order valence-electron chi connectivity index (χ3n) is 1.88. The van der Waals surface area contributed by atoms with E-state index in [0.717, 1.165) is 13.0 Å². The first kappa shape index (κ1) is 7.54. The second kappa shape index (κ2) is 2.23.